The second-order valence-corrected chi connectivity index (χ2v) is 5.93. The summed E-state index contributed by atoms with van der Waals surface area (Å²) in [5, 5.41) is 9.26. The van der Waals surface area contributed by atoms with Crippen LogP contribution in [0.2, 0.25) is 0 Å². The summed E-state index contributed by atoms with van der Waals surface area (Å²) in [6, 6.07) is -0.100. The van der Waals surface area contributed by atoms with Gasteiger partial charge in [-0.1, -0.05) is 6.92 Å². The van der Waals surface area contributed by atoms with Gasteiger partial charge in [-0.15, -0.1) is 0 Å². The topological polar surface area (TPSA) is 60.9 Å². The van der Waals surface area contributed by atoms with Crippen LogP contribution in [0.5, 0.6) is 0 Å². The van der Waals surface area contributed by atoms with E-state index in [1.165, 1.54) is 4.90 Å². The maximum atomic E-state index is 12.5. The van der Waals surface area contributed by atoms with Gasteiger partial charge < -0.3 is 14.9 Å². The molecule has 0 aliphatic carbocycles. The van der Waals surface area contributed by atoms with Crippen molar-refractivity contribution in [3.8, 4) is 0 Å². The average molecular weight is 290 g/mol. The van der Waals surface area contributed by atoms with Crippen molar-refractivity contribution in [3.05, 3.63) is 0 Å². The van der Waals surface area contributed by atoms with E-state index in [4.69, 9.17) is 0 Å². The Hall–Kier alpha value is -0.910. The fourth-order valence-corrected chi connectivity index (χ4v) is 2.77. The molecule has 1 unspecified atom stereocenters. The SMILES string of the molecule is CCC(CSC)N(C)C(=O)N(CC)C(C)(C)C(=O)O. The second-order valence-electron chi connectivity index (χ2n) is 5.02. The largest absolute Gasteiger partial charge is 0.480 e. The van der Waals surface area contributed by atoms with Gasteiger partial charge in [0.2, 0.25) is 0 Å². The predicted octanol–water partition coefficient (Wildman–Crippen LogP) is 2.36. The molecular formula is C13H26N2O3S. The monoisotopic (exact) mass is 290 g/mol. The second kappa shape index (κ2) is 7.62. The highest BCUT2D eigenvalue weighted by molar-refractivity contribution is 7.98. The first kappa shape index (κ1) is 18.1. The molecule has 5 nitrogen and oxygen atoms in total. The summed E-state index contributed by atoms with van der Waals surface area (Å²) >= 11 is 1.68. The maximum Gasteiger partial charge on any atom is 0.329 e. The molecule has 0 radical (unpaired) electrons. The van der Waals surface area contributed by atoms with Crippen LogP contribution in [-0.2, 0) is 4.79 Å². The molecule has 112 valence electrons. The van der Waals surface area contributed by atoms with Gasteiger partial charge in [0.1, 0.15) is 5.54 Å². The lowest BCUT2D eigenvalue weighted by Crippen LogP contribution is -2.58. The molecule has 19 heavy (non-hydrogen) atoms. The molecule has 2 amide bonds. The van der Waals surface area contributed by atoms with Crippen LogP contribution in [0.15, 0.2) is 0 Å². The predicted molar refractivity (Wildman–Crippen MR) is 79.7 cm³/mol. The molecule has 0 aliphatic rings. The quantitative estimate of drug-likeness (QED) is 0.782. The van der Waals surface area contributed by atoms with Gasteiger partial charge in [0.05, 0.1) is 0 Å². The number of thioether (sulfide) groups is 1. The van der Waals surface area contributed by atoms with E-state index in [1.54, 1.807) is 44.5 Å². The van der Waals surface area contributed by atoms with Crippen LogP contribution in [0.3, 0.4) is 0 Å². The van der Waals surface area contributed by atoms with E-state index in [0.29, 0.717) is 6.54 Å². The minimum absolute atomic E-state index is 0.126. The lowest BCUT2D eigenvalue weighted by Gasteiger charge is -2.39. The molecule has 0 saturated carbocycles. The van der Waals surface area contributed by atoms with Gasteiger partial charge in [0.25, 0.3) is 0 Å². The number of amides is 2. The highest BCUT2D eigenvalue weighted by Crippen LogP contribution is 2.19. The summed E-state index contributed by atoms with van der Waals surface area (Å²) in [4.78, 5) is 26.8. The summed E-state index contributed by atoms with van der Waals surface area (Å²) in [6.07, 6.45) is 2.86. The molecule has 0 saturated heterocycles. The zero-order valence-electron chi connectivity index (χ0n) is 12.8. The van der Waals surface area contributed by atoms with E-state index in [0.717, 1.165) is 12.2 Å². The van der Waals surface area contributed by atoms with Crippen molar-refractivity contribution in [3.63, 3.8) is 0 Å². The zero-order chi connectivity index (χ0) is 15.2. The minimum Gasteiger partial charge on any atom is -0.480 e. The Kier molecular flexibility index (Phi) is 7.26. The van der Waals surface area contributed by atoms with E-state index in [-0.39, 0.29) is 12.1 Å². The van der Waals surface area contributed by atoms with Gasteiger partial charge in [0.15, 0.2) is 0 Å². The fraction of sp³-hybridized carbons (Fsp3) is 0.846. The number of rotatable bonds is 7. The maximum absolute atomic E-state index is 12.5. The number of hydrogen-bond acceptors (Lipinski definition) is 3. The summed E-state index contributed by atoms with van der Waals surface area (Å²) in [5.41, 5.74) is -1.20. The van der Waals surface area contributed by atoms with E-state index in [1.807, 2.05) is 13.2 Å². The average Bonchev–Trinajstić information content (AvgIpc) is 2.35. The Morgan fingerprint density at radius 1 is 1.32 bits per heavy atom. The number of carbonyl (C=O) groups is 2. The molecule has 0 heterocycles. The molecule has 0 bridgehead atoms. The third-order valence-electron chi connectivity index (χ3n) is 3.43. The van der Waals surface area contributed by atoms with Crippen LogP contribution in [0.25, 0.3) is 0 Å². The standard InChI is InChI=1S/C13H26N2O3S/c1-7-10(9-19-6)14(5)12(18)15(8-2)13(3,4)11(16)17/h10H,7-9H2,1-6H3,(H,16,17). The Morgan fingerprint density at radius 2 is 1.84 bits per heavy atom. The normalized spacial score (nSPS) is 12.9. The Morgan fingerprint density at radius 3 is 2.16 bits per heavy atom. The van der Waals surface area contributed by atoms with E-state index in [2.05, 4.69) is 0 Å². The molecule has 6 heteroatoms. The number of aliphatic carboxylic acids is 1. The first-order chi connectivity index (χ1) is 8.73. The van der Waals surface area contributed by atoms with Gasteiger partial charge in [-0.3, -0.25) is 0 Å². The molecule has 0 fully saturated rings. The van der Waals surface area contributed by atoms with Crippen molar-refractivity contribution < 1.29 is 14.7 Å². The first-order valence-corrected chi connectivity index (χ1v) is 7.90. The summed E-state index contributed by atoms with van der Waals surface area (Å²) < 4.78 is 0. The van der Waals surface area contributed by atoms with E-state index < -0.39 is 11.5 Å². The Bertz CT molecular complexity index is 321. The number of hydrogen-bond donors (Lipinski definition) is 1. The van der Waals surface area contributed by atoms with Gasteiger partial charge in [-0.2, -0.15) is 11.8 Å². The summed E-state index contributed by atoms with van der Waals surface area (Å²) in [7, 11) is 1.74. The van der Waals surface area contributed by atoms with Crippen molar-refractivity contribution in [1.29, 1.82) is 0 Å². The molecule has 1 atom stereocenters. The van der Waals surface area contributed by atoms with Gasteiger partial charge in [-0.05, 0) is 33.4 Å². The molecule has 0 aromatic carbocycles. The minimum atomic E-state index is -1.20. The van der Waals surface area contributed by atoms with Gasteiger partial charge in [-0.25, -0.2) is 9.59 Å². The number of carboxylic acids is 1. The van der Waals surface area contributed by atoms with Crippen LogP contribution in [0.4, 0.5) is 4.79 Å². The molecule has 0 rings (SSSR count). The molecular weight excluding hydrogens is 264 g/mol. The molecule has 0 aromatic rings. The highest BCUT2D eigenvalue weighted by Gasteiger charge is 2.39. The summed E-state index contributed by atoms with van der Waals surface area (Å²) in [6.45, 7) is 7.31. The van der Waals surface area contributed by atoms with Crippen molar-refractivity contribution >= 4 is 23.8 Å². The number of carboxylic acid groups (broad SMARTS) is 1. The van der Waals surface area contributed by atoms with Crippen molar-refractivity contribution in [2.24, 2.45) is 0 Å². The first-order valence-electron chi connectivity index (χ1n) is 6.50. The number of nitrogens with zero attached hydrogens (tertiary/aromatic N) is 2. The molecule has 0 aromatic heterocycles. The third-order valence-corrected chi connectivity index (χ3v) is 4.14. The van der Waals surface area contributed by atoms with Crippen LogP contribution < -0.4 is 0 Å². The summed E-state index contributed by atoms with van der Waals surface area (Å²) in [5.74, 6) is -0.141. The Labute approximate surface area is 120 Å². The van der Waals surface area contributed by atoms with Gasteiger partial charge in [0, 0.05) is 25.4 Å². The van der Waals surface area contributed by atoms with Crippen LogP contribution >= 0.6 is 11.8 Å². The Balaban J connectivity index is 5.08. The molecule has 0 aliphatic heterocycles. The number of carbonyl (C=O) groups excluding carboxylic acids is 1. The van der Waals surface area contributed by atoms with Crippen molar-refractivity contribution in [2.75, 3.05) is 25.6 Å². The zero-order valence-corrected chi connectivity index (χ0v) is 13.6. The van der Waals surface area contributed by atoms with Crippen molar-refractivity contribution in [1.82, 2.24) is 9.80 Å². The number of urea groups is 1. The lowest BCUT2D eigenvalue weighted by molar-refractivity contribution is -0.147. The van der Waals surface area contributed by atoms with Crippen LogP contribution in [0, 0.1) is 0 Å². The lowest BCUT2D eigenvalue weighted by atomic mass is 10.0. The fourth-order valence-electron chi connectivity index (χ4n) is 1.93. The molecule has 0 spiro atoms. The highest BCUT2D eigenvalue weighted by atomic mass is 32.2. The van der Waals surface area contributed by atoms with Crippen LogP contribution in [-0.4, -0.2) is 64.1 Å². The van der Waals surface area contributed by atoms with Gasteiger partial charge >= 0.3 is 12.0 Å². The smallest absolute Gasteiger partial charge is 0.329 e. The number of likely N-dealkylation sites (N-methyl/N-ethyl adjacent to an activating group) is 1. The van der Waals surface area contributed by atoms with E-state index >= 15 is 0 Å². The third kappa shape index (κ3) is 4.30. The van der Waals surface area contributed by atoms with E-state index in [9.17, 15) is 14.7 Å². The van der Waals surface area contributed by atoms with Crippen LogP contribution in [0.1, 0.15) is 34.1 Å². The molecule has 1 N–H and O–H groups in total. The van der Waals surface area contributed by atoms with Crippen molar-refractivity contribution in [2.45, 2.75) is 45.7 Å².